The van der Waals surface area contributed by atoms with Gasteiger partial charge in [0.25, 0.3) is 0 Å². The highest BCUT2D eigenvalue weighted by Crippen LogP contribution is 2.25. The average Bonchev–Trinajstić information content (AvgIpc) is 2.74. The van der Waals surface area contributed by atoms with Crippen molar-refractivity contribution >= 4 is 11.8 Å². The lowest BCUT2D eigenvalue weighted by Gasteiger charge is -2.26. The predicted octanol–water partition coefficient (Wildman–Crippen LogP) is 7.43. The summed E-state index contributed by atoms with van der Waals surface area (Å²) in [4.78, 5) is 0. The first-order chi connectivity index (χ1) is 14.1. The van der Waals surface area contributed by atoms with Gasteiger partial charge >= 0.3 is 0 Å². The van der Waals surface area contributed by atoms with Gasteiger partial charge < -0.3 is 14.2 Å². The Kier molecular flexibility index (Phi) is 21.2. The van der Waals surface area contributed by atoms with Crippen molar-refractivity contribution in [1.29, 1.82) is 0 Å². The molecule has 0 fully saturated rings. The van der Waals surface area contributed by atoms with Crippen LogP contribution in [0.25, 0.3) is 0 Å². The summed E-state index contributed by atoms with van der Waals surface area (Å²) >= 11 is 2.14. The molecule has 0 aliphatic carbocycles. The maximum Gasteiger partial charge on any atom is 0.0833 e. The number of hydrogen-bond acceptors (Lipinski definition) is 4. The Morgan fingerprint density at radius 1 is 0.828 bits per heavy atom. The van der Waals surface area contributed by atoms with E-state index < -0.39 is 0 Å². The summed E-state index contributed by atoms with van der Waals surface area (Å²) in [7, 11) is 0. The first-order valence-electron chi connectivity index (χ1n) is 12.2. The van der Waals surface area contributed by atoms with Crippen LogP contribution in [0.1, 0.15) is 98.3 Å². The van der Waals surface area contributed by atoms with Crippen molar-refractivity contribution in [3.63, 3.8) is 0 Å². The molecule has 2 unspecified atom stereocenters. The molecule has 174 valence electrons. The van der Waals surface area contributed by atoms with Gasteiger partial charge in [-0.25, -0.2) is 0 Å². The predicted molar refractivity (Wildman–Crippen MR) is 130 cm³/mol. The molecular formula is C25H50O3S. The zero-order chi connectivity index (χ0) is 21.6. The Morgan fingerprint density at radius 2 is 1.52 bits per heavy atom. The molecule has 0 aromatic heterocycles. The summed E-state index contributed by atoms with van der Waals surface area (Å²) in [6.45, 7) is 16.4. The van der Waals surface area contributed by atoms with E-state index in [1.54, 1.807) is 0 Å². The lowest BCUT2D eigenvalue weighted by atomic mass is 9.97. The van der Waals surface area contributed by atoms with Gasteiger partial charge in [-0.15, -0.1) is 6.58 Å². The van der Waals surface area contributed by atoms with Gasteiger partial charge in [-0.2, -0.15) is 11.8 Å². The van der Waals surface area contributed by atoms with Gasteiger partial charge in [-0.3, -0.25) is 0 Å². The molecule has 0 amide bonds. The van der Waals surface area contributed by atoms with E-state index in [4.69, 9.17) is 14.2 Å². The van der Waals surface area contributed by atoms with Gasteiger partial charge in [0.05, 0.1) is 32.0 Å². The minimum absolute atomic E-state index is 0.239. The van der Waals surface area contributed by atoms with Gasteiger partial charge in [0.15, 0.2) is 0 Å². The normalized spacial score (nSPS) is 14.6. The molecule has 0 radical (unpaired) electrons. The van der Waals surface area contributed by atoms with Crippen LogP contribution in [0.5, 0.6) is 0 Å². The van der Waals surface area contributed by atoms with Crippen LogP contribution < -0.4 is 0 Å². The Bertz CT molecular complexity index is 351. The number of thioether (sulfide) groups is 1. The Balaban J connectivity index is 3.64. The summed E-state index contributed by atoms with van der Waals surface area (Å²) in [6.07, 6.45) is 15.7. The van der Waals surface area contributed by atoms with Crippen LogP contribution in [-0.4, -0.2) is 49.6 Å². The molecule has 0 aromatic carbocycles. The molecule has 0 saturated heterocycles. The van der Waals surface area contributed by atoms with E-state index in [2.05, 4.69) is 46.0 Å². The Labute approximate surface area is 186 Å². The highest BCUT2D eigenvalue weighted by atomic mass is 32.2. The van der Waals surface area contributed by atoms with Crippen molar-refractivity contribution in [2.24, 2.45) is 0 Å². The molecule has 29 heavy (non-hydrogen) atoms. The topological polar surface area (TPSA) is 27.7 Å². The van der Waals surface area contributed by atoms with E-state index in [-0.39, 0.29) is 5.60 Å². The molecule has 0 aliphatic rings. The Morgan fingerprint density at radius 3 is 2.17 bits per heavy atom. The second-order valence-corrected chi connectivity index (χ2v) is 9.56. The van der Waals surface area contributed by atoms with Crippen molar-refractivity contribution < 1.29 is 14.2 Å². The zero-order valence-electron chi connectivity index (χ0n) is 20.0. The van der Waals surface area contributed by atoms with E-state index in [0.717, 1.165) is 24.7 Å². The van der Waals surface area contributed by atoms with E-state index >= 15 is 0 Å². The van der Waals surface area contributed by atoms with Crippen molar-refractivity contribution in [2.75, 3.05) is 38.8 Å². The largest absolute Gasteiger partial charge is 0.379 e. The van der Waals surface area contributed by atoms with Crippen LogP contribution in [-0.2, 0) is 14.2 Å². The first kappa shape index (κ1) is 29.0. The smallest absolute Gasteiger partial charge is 0.0833 e. The van der Waals surface area contributed by atoms with Crippen LogP contribution >= 0.6 is 11.8 Å². The second kappa shape index (κ2) is 21.2. The molecule has 0 spiro atoms. The van der Waals surface area contributed by atoms with E-state index in [9.17, 15) is 0 Å². The summed E-state index contributed by atoms with van der Waals surface area (Å²) < 4.78 is 17.3. The SMILES string of the molecule is C=CC(C)(CCCCC(CC)SCCC)OCCOCCOCCCCCCC. The molecular weight excluding hydrogens is 380 g/mol. The van der Waals surface area contributed by atoms with Gasteiger partial charge in [0.1, 0.15) is 0 Å². The van der Waals surface area contributed by atoms with Crippen LogP contribution in [0.3, 0.4) is 0 Å². The maximum atomic E-state index is 6.07. The fourth-order valence-electron chi connectivity index (χ4n) is 3.23. The standard InChI is InChI=1S/C25H50O3S/c1-6-10-11-12-15-18-26-19-20-27-21-22-28-25(5,9-4)17-14-13-16-24(8-3)29-23-7-2/h9,24H,4,6-8,10-23H2,1-3,5H3. The number of unbranched alkanes of at least 4 members (excludes halogenated alkanes) is 5. The molecule has 0 aromatic rings. The molecule has 0 heterocycles. The second-order valence-electron chi connectivity index (χ2n) is 8.15. The van der Waals surface area contributed by atoms with Crippen LogP contribution in [0, 0.1) is 0 Å². The van der Waals surface area contributed by atoms with Crippen molar-refractivity contribution in [1.82, 2.24) is 0 Å². The third-order valence-electron chi connectivity index (χ3n) is 5.32. The van der Waals surface area contributed by atoms with Gasteiger partial charge in [-0.1, -0.05) is 65.4 Å². The summed E-state index contributed by atoms with van der Waals surface area (Å²) in [5, 5.41) is 0.817. The highest BCUT2D eigenvalue weighted by molar-refractivity contribution is 7.99. The van der Waals surface area contributed by atoms with Crippen molar-refractivity contribution in [2.45, 2.75) is 109 Å². The third kappa shape index (κ3) is 18.5. The lowest BCUT2D eigenvalue weighted by Crippen LogP contribution is -2.28. The molecule has 0 rings (SSSR count). The minimum atomic E-state index is -0.239. The van der Waals surface area contributed by atoms with Crippen LogP contribution in [0.4, 0.5) is 0 Å². The Hall–Kier alpha value is -0.0300. The fourth-order valence-corrected chi connectivity index (χ4v) is 4.37. The number of hydrogen-bond donors (Lipinski definition) is 0. The van der Waals surface area contributed by atoms with E-state index in [1.165, 1.54) is 63.5 Å². The molecule has 0 aliphatic heterocycles. The van der Waals surface area contributed by atoms with Crippen LogP contribution in [0.15, 0.2) is 12.7 Å². The first-order valence-corrected chi connectivity index (χ1v) is 13.2. The van der Waals surface area contributed by atoms with Gasteiger partial charge in [0, 0.05) is 11.9 Å². The molecule has 2 atom stereocenters. The lowest BCUT2D eigenvalue weighted by molar-refractivity contribution is -0.0415. The highest BCUT2D eigenvalue weighted by Gasteiger charge is 2.20. The molecule has 0 bridgehead atoms. The molecule has 3 nitrogen and oxygen atoms in total. The van der Waals surface area contributed by atoms with Crippen molar-refractivity contribution in [3.05, 3.63) is 12.7 Å². The molecule has 4 heteroatoms. The van der Waals surface area contributed by atoms with E-state index in [1.807, 2.05) is 6.08 Å². The quantitative estimate of drug-likeness (QED) is 0.124. The van der Waals surface area contributed by atoms with Gasteiger partial charge in [-0.05, 0) is 44.8 Å². The third-order valence-corrected chi connectivity index (χ3v) is 7.00. The number of rotatable bonds is 23. The molecule has 0 N–H and O–H groups in total. The van der Waals surface area contributed by atoms with Gasteiger partial charge in [0.2, 0.25) is 0 Å². The fraction of sp³-hybridized carbons (Fsp3) is 0.920. The molecule has 0 saturated carbocycles. The monoisotopic (exact) mass is 430 g/mol. The summed E-state index contributed by atoms with van der Waals surface area (Å²) in [5.74, 6) is 1.29. The number of ether oxygens (including phenoxy) is 3. The van der Waals surface area contributed by atoms with E-state index in [0.29, 0.717) is 26.4 Å². The zero-order valence-corrected chi connectivity index (χ0v) is 20.8. The van der Waals surface area contributed by atoms with Crippen LogP contribution in [0.2, 0.25) is 0 Å². The minimum Gasteiger partial charge on any atom is -0.379 e. The average molecular weight is 431 g/mol. The maximum absolute atomic E-state index is 6.07. The summed E-state index contributed by atoms with van der Waals surface area (Å²) in [5.41, 5.74) is -0.239. The van der Waals surface area contributed by atoms with Crippen molar-refractivity contribution in [3.8, 4) is 0 Å². The summed E-state index contributed by atoms with van der Waals surface area (Å²) in [6, 6.07) is 0.